The lowest BCUT2D eigenvalue weighted by molar-refractivity contribution is -0.149. The Kier molecular flexibility index (Phi) is 3.64. The van der Waals surface area contributed by atoms with E-state index in [1.165, 1.54) is 23.1 Å². The molecule has 1 aromatic rings. The summed E-state index contributed by atoms with van der Waals surface area (Å²) in [5, 5.41) is 0. The lowest BCUT2D eigenvalue weighted by Crippen LogP contribution is -2.43. The van der Waals surface area contributed by atoms with E-state index >= 15 is 0 Å². The lowest BCUT2D eigenvalue weighted by Gasteiger charge is -2.33. The van der Waals surface area contributed by atoms with E-state index in [0.717, 1.165) is 0 Å². The highest BCUT2D eigenvalue weighted by Crippen LogP contribution is 2.38. The summed E-state index contributed by atoms with van der Waals surface area (Å²) in [4.78, 5) is 13.2. The smallest absolute Gasteiger partial charge is 0.407 e. The highest BCUT2D eigenvalue weighted by molar-refractivity contribution is 5.98. The number of nitrogens with zero attached hydrogens (tertiary/aromatic N) is 1. The van der Waals surface area contributed by atoms with Crippen molar-refractivity contribution in [2.24, 2.45) is 5.73 Å². The van der Waals surface area contributed by atoms with E-state index in [2.05, 4.69) is 0 Å². The second-order valence-electron chi connectivity index (χ2n) is 4.89. The minimum absolute atomic E-state index is 0.0970. The number of rotatable bonds is 2. The number of alkyl halides is 3. The Bertz CT molecular complexity index is 529. The molecule has 0 saturated carbocycles. The van der Waals surface area contributed by atoms with Crippen LogP contribution in [0.5, 0.6) is 5.75 Å². The van der Waals surface area contributed by atoms with Crippen LogP contribution in [0.1, 0.15) is 25.5 Å². The van der Waals surface area contributed by atoms with Crippen LogP contribution < -0.4 is 15.4 Å². The third-order valence-electron chi connectivity index (χ3n) is 3.09. The molecule has 110 valence electrons. The van der Waals surface area contributed by atoms with Crippen LogP contribution >= 0.6 is 0 Å². The zero-order valence-corrected chi connectivity index (χ0v) is 11.1. The maximum atomic E-state index is 12.7. The molecule has 0 aromatic heterocycles. The molecule has 1 aliphatic rings. The summed E-state index contributed by atoms with van der Waals surface area (Å²) in [6.07, 6.45) is -4.53. The van der Waals surface area contributed by atoms with E-state index in [0.29, 0.717) is 11.4 Å². The van der Waals surface area contributed by atoms with E-state index < -0.39 is 12.2 Å². The molecule has 1 amide bonds. The summed E-state index contributed by atoms with van der Waals surface area (Å²) >= 11 is 0. The quantitative estimate of drug-likeness (QED) is 0.909. The first-order valence-electron chi connectivity index (χ1n) is 6.13. The van der Waals surface area contributed by atoms with Crippen LogP contribution in [0.2, 0.25) is 0 Å². The molecule has 7 heteroatoms. The summed E-state index contributed by atoms with van der Waals surface area (Å²) in [6, 6.07) is 1.69. The van der Waals surface area contributed by atoms with Gasteiger partial charge in [-0.1, -0.05) is 6.07 Å². The molecular weight excluding hydrogens is 273 g/mol. The largest absolute Gasteiger partial charge is 0.482 e. The zero-order valence-electron chi connectivity index (χ0n) is 11.1. The van der Waals surface area contributed by atoms with E-state index in [-0.39, 0.29) is 24.1 Å². The van der Waals surface area contributed by atoms with Crippen LogP contribution in [0.3, 0.4) is 0 Å². The number of benzene rings is 1. The number of halogens is 3. The molecular formula is C13H15F3N2O2. The number of carbonyl (C=O) groups is 1. The number of ether oxygens (including phenoxy) is 1. The molecule has 1 aromatic carbocycles. The minimum Gasteiger partial charge on any atom is -0.482 e. The maximum Gasteiger partial charge on any atom is 0.407 e. The molecule has 0 bridgehead atoms. The standard InChI is InChI=1S/C13H15F3N2O2/c1-7(2)18-9-5-8(12(17)13(14,15)16)3-4-10(9)20-6-11(18)19/h3-5,7,12H,6,17H2,1-2H3. The topological polar surface area (TPSA) is 55.6 Å². The molecule has 0 fully saturated rings. The van der Waals surface area contributed by atoms with Crippen LogP contribution in [0.25, 0.3) is 0 Å². The third kappa shape index (κ3) is 2.58. The summed E-state index contributed by atoms with van der Waals surface area (Å²) < 4.78 is 43.2. The van der Waals surface area contributed by atoms with Crippen molar-refractivity contribution in [1.29, 1.82) is 0 Å². The van der Waals surface area contributed by atoms with Crippen molar-refractivity contribution in [3.63, 3.8) is 0 Å². The molecule has 20 heavy (non-hydrogen) atoms. The van der Waals surface area contributed by atoms with Gasteiger partial charge < -0.3 is 15.4 Å². The molecule has 1 atom stereocenters. The van der Waals surface area contributed by atoms with Gasteiger partial charge in [0.05, 0.1) is 5.69 Å². The molecule has 1 aliphatic heterocycles. The Morgan fingerprint density at radius 1 is 1.35 bits per heavy atom. The van der Waals surface area contributed by atoms with Gasteiger partial charge in [0, 0.05) is 6.04 Å². The van der Waals surface area contributed by atoms with Gasteiger partial charge in [0.1, 0.15) is 11.8 Å². The van der Waals surface area contributed by atoms with Gasteiger partial charge in [-0.05, 0) is 31.5 Å². The zero-order chi connectivity index (χ0) is 15.1. The number of fused-ring (bicyclic) bond motifs is 1. The van der Waals surface area contributed by atoms with Crippen molar-refractivity contribution in [1.82, 2.24) is 0 Å². The van der Waals surface area contributed by atoms with Gasteiger partial charge in [-0.2, -0.15) is 13.2 Å². The predicted octanol–water partition coefficient (Wildman–Crippen LogP) is 2.38. The van der Waals surface area contributed by atoms with Crippen molar-refractivity contribution in [3.8, 4) is 5.75 Å². The Balaban J connectivity index is 2.46. The second kappa shape index (κ2) is 4.97. The Hall–Kier alpha value is -1.76. The van der Waals surface area contributed by atoms with Crippen LogP contribution in [0.4, 0.5) is 18.9 Å². The predicted molar refractivity (Wildman–Crippen MR) is 67.5 cm³/mol. The monoisotopic (exact) mass is 288 g/mol. The van der Waals surface area contributed by atoms with Crippen molar-refractivity contribution >= 4 is 11.6 Å². The van der Waals surface area contributed by atoms with E-state index in [4.69, 9.17) is 10.5 Å². The highest BCUT2D eigenvalue weighted by atomic mass is 19.4. The molecule has 0 spiro atoms. The maximum absolute atomic E-state index is 12.7. The van der Waals surface area contributed by atoms with Gasteiger partial charge in [-0.15, -0.1) is 0 Å². The molecule has 4 nitrogen and oxygen atoms in total. The third-order valence-corrected chi connectivity index (χ3v) is 3.09. The number of carbonyl (C=O) groups excluding carboxylic acids is 1. The Morgan fingerprint density at radius 2 is 2.00 bits per heavy atom. The van der Waals surface area contributed by atoms with Crippen LogP contribution in [0.15, 0.2) is 18.2 Å². The summed E-state index contributed by atoms with van der Waals surface area (Å²) in [5.41, 5.74) is 5.42. The lowest BCUT2D eigenvalue weighted by atomic mass is 10.0. The first kappa shape index (κ1) is 14.6. The van der Waals surface area contributed by atoms with Crippen LogP contribution in [0, 0.1) is 0 Å². The van der Waals surface area contributed by atoms with Gasteiger partial charge in [0.2, 0.25) is 0 Å². The highest BCUT2D eigenvalue weighted by Gasteiger charge is 2.39. The number of nitrogens with two attached hydrogens (primary N) is 1. The molecule has 0 aliphatic carbocycles. The van der Waals surface area contributed by atoms with Crippen molar-refractivity contribution < 1.29 is 22.7 Å². The van der Waals surface area contributed by atoms with Crippen molar-refractivity contribution in [3.05, 3.63) is 23.8 Å². The van der Waals surface area contributed by atoms with Gasteiger partial charge in [0.15, 0.2) is 6.61 Å². The average Bonchev–Trinajstić information content (AvgIpc) is 2.35. The number of hydrogen-bond acceptors (Lipinski definition) is 3. The molecule has 2 N–H and O–H groups in total. The molecule has 1 unspecified atom stereocenters. The fraction of sp³-hybridized carbons (Fsp3) is 0.462. The summed E-state index contributed by atoms with van der Waals surface area (Å²) in [6.45, 7) is 3.45. The number of amides is 1. The fourth-order valence-corrected chi connectivity index (χ4v) is 2.14. The number of anilines is 1. The number of hydrogen-bond donors (Lipinski definition) is 1. The SMILES string of the molecule is CC(C)N1C(=O)COc2ccc(C(N)C(F)(F)F)cc21. The Labute approximate surface area is 114 Å². The Morgan fingerprint density at radius 3 is 2.55 bits per heavy atom. The van der Waals surface area contributed by atoms with E-state index in [9.17, 15) is 18.0 Å². The van der Waals surface area contributed by atoms with E-state index in [1.807, 2.05) is 0 Å². The average molecular weight is 288 g/mol. The first-order chi connectivity index (χ1) is 9.21. The van der Waals surface area contributed by atoms with Gasteiger partial charge >= 0.3 is 6.18 Å². The normalized spacial score (nSPS) is 16.9. The molecule has 1 heterocycles. The van der Waals surface area contributed by atoms with Crippen molar-refractivity contribution in [2.75, 3.05) is 11.5 Å². The van der Waals surface area contributed by atoms with E-state index in [1.54, 1.807) is 13.8 Å². The fourth-order valence-electron chi connectivity index (χ4n) is 2.14. The molecule has 0 saturated heterocycles. The molecule has 2 rings (SSSR count). The molecule has 0 radical (unpaired) electrons. The van der Waals surface area contributed by atoms with Crippen LogP contribution in [-0.2, 0) is 4.79 Å². The summed E-state index contributed by atoms with van der Waals surface area (Å²) in [5.74, 6) is 0.0988. The van der Waals surface area contributed by atoms with Crippen LogP contribution in [-0.4, -0.2) is 24.7 Å². The van der Waals surface area contributed by atoms with Crippen molar-refractivity contribution in [2.45, 2.75) is 32.1 Å². The van der Waals surface area contributed by atoms with Gasteiger partial charge in [-0.3, -0.25) is 4.79 Å². The van der Waals surface area contributed by atoms with Gasteiger partial charge in [-0.25, -0.2) is 0 Å². The second-order valence-corrected chi connectivity index (χ2v) is 4.89. The first-order valence-corrected chi connectivity index (χ1v) is 6.13. The van der Waals surface area contributed by atoms with Gasteiger partial charge in [0.25, 0.3) is 5.91 Å². The summed E-state index contributed by atoms with van der Waals surface area (Å²) in [7, 11) is 0. The minimum atomic E-state index is -4.53.